The minimum absolute atomic E-state index is 0.340. The second-order valence-corrected chi connectivity index (χ2v) is 14.1. The Morgan fingerprint density at radius 3 is 2.06 bits per heavy atom. The van der Waals surface area contributed by atoms with Gasteiger partial charge in [0.15, 0.2) is 0 Å². The van der Waals surface area contributed by atoms with Gasteiger partial charge in [0.05, 0.1) is 0 Å². The van der Waals surface area contributed by atoms with Gasteiger partial charge >= 0.3 is 0 Å². The standard InChI is InChI=1S/C33H39OP/c1-24(2)29-19-18-25(3)22-32(29)33-23-26(30-16-10-11-17-31(30)33)20-21-35(34,27-12-6-4-7-13-27)28-14-8-5-9-15-28/h4-17,23-26,29,32H,18-22H2,1-3H3/t25-,26?,29+,32+/m1/s1. The Kier molecular flexibility index (Phi) is 7.17. The highest BCUT2D eigenvalue weighted by atomic mass is 31.2. The van der Waals surface area contributed by atoms with Gasteiger partial charge < -0.3 is 4.57 Å². The van der Waals surface area contributed by atoms with E-state index >= 15 is 0 Å². The maximum atomic E-state index is 14.6. The zero-order chi connectivity index (χ0) is 24.4. The molecular formula is C33H39OP. The molecule has 0 spiro atoms. The maximum Gasteiger partial charge on any atom is 0.143 e. The molecule has 1 nitrogen and oxygen atoms in total. The first-order valence-corrected chi connectivity index (χ1v) is 15.4. The van der Waals surface area contributed by atoms with Crippen molar-refractivity contribution in [3.05, 3.63) is 102 Å². The lowest BCUT2D eigenvalue weighted by molar-refractivity contribution is 0.185. The van der Waals surface area contributed by atoms with Gasteiger partial charge in [-0.1, -0.05) is 118 Å². The van der Waals surface area contributed by atoms with Gasteiger partial charge in [0.1, 0.15) is 7.14 Å². The van der Waals surface area contributed by atoms with E-state index in [1.807, 2.05) is 60.7 Å². The minimum atomic E-state index is -2.71. The van der Waals surface area contributed by atoms with Crippen LogP contribution in [0.5, 0.6) is 0 Å². The van der Waals surface area contributed by atoms with Crippen LogP contribution in [0.1, 0.15) is 63.5 Å². The molecule has 0 radical (unpaired) electrons. The summed E-state index contributed by atoms with van der Waals surface area (Å²) in [5.74, 6) is 3.23. The van der Waals surface area contributed by atoms with E-state index in [1.54, 1.807) is 5.57 Å². The number of rotatable bonds is 7. The molecule has 0 aromatic heterocycles. The first-order chi connectivity index (χ1) is 17.0. The Hall–Kier alpha value is -2.37. The third kappa shape index (κ3) is 4.85. The van der Waals surface area contributed by atoms with Crippen molar-refractivity contribution in [1.82, 2.24) is 0 Å². The Morgan fingerprint density at radius 2 is 1.43 bits per heavy atom. The number of fused-ring (bicyclic) bond motifs is 1. The summed E-state index contributed by atoms with van der Waals surface area (Å²) in [4.78, 5) is 0. The Bertz CT molecular complexity index is 1170. The highest BCUT2D eigenvalue weighted by Crippen LogP contribution is 2.52. The highest BCUT2D eigenvalue weighted by Gasteiger charge is 2.37. The lowest BCUT2D eigenvalue weighted by Gasteiger charge is -2.38. The van der Waals surface area contributed by atoms with Gasteiger partial charge in [0, 0.05) is 22.7 Å². The van der Waals surface area contributed by atoms with Crippen LogP contribution >= 0.6 is 7.14 Å². The third-order valence-electron chi connectivity index (χ3n) is 8.58. The van der Waals surface area contributed by atoms with E-state index < -0.39 is 7.14 Å². The molecule has 1 unspecified atom stereocenters. The molecule has 4 atom stereocenters. The molecule has 2 aliphatic carbocycles. The summed E-state index contributed by atoms with van der Waals surface area (Å²) in [6.07, 6.45) is 8.17. The fourth-order valence-corrected chi connectivity index (χ4v) is 9.43. The fourth-order valence-electron chi connectivity index (χ4n) is 6.67. The van der Waals surface area contributed by atoms with Crippen molar-refractivity contribution in [3.8, 4) is 0 Å². The van der Waals surface area contributed by atoms with E-state index in [2.05, 4.69) is 51.1 Å². The average molecular weight is 483 g/mol. The molecule has 182 valence electrons. The van der Waals surface area contributed by atoms with Crippen LogP contribution in [0.3, 0.4) is 0 Å². The molecule has 0 aliphatic heterocycles. The zero-order valence-electron chi connectivity index (χ0n) is 21.4. The van der Waals surface area contributed by atoms with Crippen LogP contribution in [0.2, 0.25) is 0 Å². The van der Waals surface area contributed by atoms with Crippen molar-refractivity contribution in [1.29, 1.82) is 0 Å². The van der Waals surface area contributed by atoms with E-state index in [4.69, 9.17) is 0 Å². The summed E-state index contributed by atoms with van der Waals surface area (Å²) in [5, 5.41) is 1.95. The number of hydrogen-bond acceptors (Lipinski definition) is 1. The molecule has 0 amide bonds. The Morgan fingerprint density at radius 1 is 0.829 bits per heavy atom. The van der Waals surface area contributed by atoms with Crippen molar-refractivity contribution >= 4 is 23.3 Å². The lowest BCUT2D eigenvalue weighted by Crippen LogP contribution is -2.28. The quantitative estimate of drug-likeness (QED) is 0.310. The molecule has 1 fully saturated rings. The molecular weight excluding hydrogens is 443 g/mol. The molecule has 0 N–H and O–H groups in total. The van der Waals surface area contributed by atoms with E-state index in [0.717, 1.165) is 28.9 Å². The summed E-state index contributed by atoms with van der Waals surface area (Å²) in [5.41, 5.74) is 4.47. The van der Waals surface area contributed by atoms with Crippen LogP contribution in [-0.4, -0.2) is 6.16 Å². The molecule has 3 aromatic rings. The van der Waals surface area contributed by atoms with E-state index in [9.17, 15) is 4.57 Å². The van der Waals surface area contributed by atoms with Gasteiger partial charge in [-0.3, -0.25) is 0 Å². The number of benzene rings is 3. The van der Waals surface area contributed by atoms with E-state index in [0.29, 0.717) is 23.9 Å². The van der Waals surface area contributed by atoms with Crippen LogP contribution < -0.4 is 10.6 Å². The molecule has 0 heterocycles. The summed E-state index contributed by atoms with van der Waals surface area (Å²) in [7, 11) is -2.71. The van der Waals surface area contributed by atoms with Crippen molar-refractivity contribution in [2.75, 3.05) is 6.16 Å². The molecule has 0 bridgehead atoms. The normalized spacial score (nSPS) is 24.3. The molecule has 5 rings (SSSR count). The molecule has 3 aromatic carbocycles. The summed E-state index contributed by atoms with van der Waals surface area (Å²) < 4.78 is 14.6. The van der Waals surface area contributed by atoms with Gasteiger partial charge in [-0.05, 0) is 59.6 Å². The monoisotopic (exact) mass is 482 g/mol. The highest BCUT2D eigenvalue weighted by molar-refractivity contribution is 7.78. The first kappa shape index (κ1) is 24.3. The Labute approximate surface area is 212 Å². The van der Waals surface area contributed by atoms with Crippen molar-refractivity contribution < 1.29 is 4.57 Å². The minimum Gasteiger partial charge on any atom is -0.314 e. The van der Waals surface area contributed by atoms with E-state index in [1.165, 1.54) is 30.4 Å². The topological polar surface area (TPSA) is 17.1 Å². The molecule has 2 heteroatoms. The first-order valence-electron chi connectivity index (χ1n) is 13.5. The second-order valence-electron chi connectivity index (χ2n) is 11.2. The average Bonchev–Trinajstić information content (AvgIpc) is 3.27. The smallest absolute Gasteiger partial charge is 0.143 e. The zero-order valence-corrected chi connectivity index (χ0v) is 22.3. The van der Waals surface area contributed by atoms with Crippen LogP contribution in [0.25, 0.3) is 5.57 Å². The van der Waals surface area contributed by atoms with Crippen molar-refractivity contribution in [3.63, 3.8) is 0 Å². The number of hydrogen-bond donors (Lipinski definition) is 0. The maximum absolute atomic E-state index is 14.6. The fraction of sp³-hybridized carbons (Fsp3) is 0.394. The van der Waals surface area contributed by atoms with Crippen LogP contribution in [-0.2, 0) is 4.57 Å². The summed E-state index contributed by atoms with van der Waals surface area (Å²) in [6, 6.07) is 29.3. The van der Waals surface area contributed by atoms with Crippen LogP contribution in [0.4, 0.5) is 0 Å². The molecule has 0 saturated heterocycles. The predicted octanol–water partition coefficient (Wildman–Crippen LogP) is 8.28. The van der Waals surface area contributed by atoms with Gasteiger partial charge in [-0.2, -0.15) is 0 Å². The van der Waals surface area contributed by atoms with E-state index in [-0.39, 0.29) is 0 Å². The van der Waals surface area contributed by atoms with Crippen molar-refractivity contribution in [2.45, 2.75) is 52.4 Å². The van der Waals surface area contributed by atoms with Gasteiger partial charge in [-0.25, -0.2) is 0 Å². The van der Waals surface area contributed by atoms with Gasteiger partial charge in [0.25, 0.3) is 0 Å². The number of allylic oxidation sites excluding steroid dienone is 2. The molecule has 35 heavy (non-hydrogen) atoms. The second kappa shape index (κ2) is 10.3. The van der Waals surface area contributed by atoms with Crippen molar-refractivity contribution in [2.24, 2.45) is 23.7 Å². The largest absolute Gasteiger partial charge is 0.314 e. The Balaban J connectivity index is 1.48. The predicted molar refractivity (Wildman–Crippen MR) is 151 cm³/mol. The summed E-state index contributed by atoms with van der Waals surface area (Å²) in [6.45, 7) is 7.24. The summed E-state index contributed by atoms with van der Waals surface area (Å²) >= 11 is 0. The molecule has 1 saturated carbocycles. The van der Waals surface area contributed by atoms with Gasteiger partial charge in [-0.15, -0.1) is 0 Å². The molecule has 2 aliphatic rings. The lowest BCUT2D eigenvalue weighted by atomic mass is 9.66. The van der Waals surface area contributed by atoms with Crippen LogP contribution in [0, 0.1) is 23.7 Å². The van der Waals surface area contributed by atoms with Crippen LogP contribution in [0.15, 0.2) is 91.0 Å². The third-order valence-corrected chi connectivity index (χ3v) is 11.7. The SMILES string of the molecule is CC(C)[C@@H]1CC[C@@H](C)C[C@@H]1C1=CC(CCP(=O)(c2ccccc2)c2ccccc2)c2ccccc21. The van der Waals surface area contributed by atoms with Gasteiger partial charge in [0.2, 0.25) is 0 Å².